The molecule has 1 aromatic carbocycles. The number of ether oxygens (including phenoxy) is 2. The lowest BCUT2D eigenvalue weighted by molar-refractivity contribution is 0.201. The zero-order chi connectivity index (χ0) is 10.4. The number of hydrogen-bond donors (Lipinski definition) is 1. The van der Waals surface area contributed by atoms with Crippen LogP contribution >= 0.6 is 0 Å². The van der Waals surface area contributed by atoms with Gasteiger partial charge in [0.2, 0.25) is 0 Å². The lowest BCUT2D eigenvalue weighted by Gasteiger charge is -2.05. The monoisotopic (exact) mass is 195 g/mol. The van der Waals surface area contributed by atoms with Crippen molar-refractivity contribution in [2.24, 2.45) is 0 Å². The van der Waals surface area contributed by atoms with Gasteiger partial charge in [0, 0.05) is 6.54 Å². The zero-order valence-corrected chi connectivity index (χ0v) is 8.24. The Bertz CT molecular complexity index is 295. The van der Waals surface area contributed by atoms with Gasteiger partial charge in [0.15, 0.2) is 0 Å². The molecule has 0 heterocycles. The van der Waals surface area contributed by atoms with Crippen LogP contribution in [0.4, 0.5) is 4.79 Å². The Labute approximate surface area is 82.8 Å². The third kappa shape index (κ3) is 2.97. The molecule has 4 nitrogen and oxygen atoms in total. The van der Waals surface area contributed by atoms with Gasteiger partial charge in [0.25, 0.3) is 0 Å². The number of methoxy groups -OCH3 is 1. The van der Waals surface area contributed by atoms with Crippen LogP contribution in [0.15, 0.2) is 24.3 Å². The van der Waals surface area contributed by atoms with Crippen molar-refractivity contribution in [3.05, 3.63) is 24.3 Å². The van der Waals surface area contributed by atoms with Crippen LogP contribution in [0.1, 0.15) is 6.92 Å². The molecule has 76 valence electrons. The summed E-state index contributed by atoms with van der Waals surface area (Å²) in [6.45, 7) is 2.38. The number of hydrogen-bond acceptors (Lipinski definition) is 3. The third-order valence-electron chi connectivity index (χ3n) is 1.59. The van der Waals surface area contributed by atoms with Gasteiger partial charge < -0.3 is 14.8 Å². The molecule has 4 heteroatoms. The SMILES string of the molecule is CCNC(=O)Oc1ccc(OC)cc1. The highest BCUT2D eigenvalue weighted by atomic mass is 16.6. The minimum atomic E-state index is -0.447. The van der Waals surface area contributed by atoms with Crippen molar-refractivity contribution in [2.75, 3.05) is 13.7 Å². The molecule has 0 fully saturated rings. The lowest BCUT2D eigenvalue weighted by atomic mass is 10.3. The van der Waals surface area contributed by atoms with Gasteiger partial charge in [0.1, 0.15) is 11.5 Å². The second kappa shape index (κ2) is 5.11. The summed E-state index contributed by atoms with van der Waals surface area (Å²) in [5.41, 5.74) is 0. The summed E-state index contributed by atoms with van der Waals surface area (Å²) in [6, 6.07) is 6.81. The molecule has 0 aliphatic carbocycles. The van der Waals surface area contributed by atoms with E-state index in [4.69, 9.17) is 9.47 Å². The molecule has 0 aliphatic rings. The Morgan fingerprint density at radius 2 is 1.86 bits per heavy atom. The first kappa shape index (κ1) is 10.4. The van der Waals surface area contributed by atoms with E-state index in [1.165, 1.54) is 0 Å². The van der Waals surface area contributed by atoms with Crippen LogP contribution in [-0.4, -0.2) is 19.7 Å². The predicted molar refractivity (Wildman–Crippen MR) is 52.7 cm³/mol. The number of rotatable bonds is 3. The standard InChI is InChI=1S/C10H13NO3/c1-3-11-10(12)14-9-6-4-8(13-2)5-7-9/h4-7H,3H2,1-2H3,(H,11,12). The fraction of sp³-hybridized carbons (Fsp3) is 0.300. The van der Waals surface area contributed by atoms with Gasteiger partial charge in [-0.15, -0.1) is 0 Å². The second-order valence-electron chi connectivity index (χ2n) is 2.60. The Morgan fingerprint density at radius 1 is 1.29 bits per heavy atom. The van der Waals surface area contributed by atoms with Crippen molar-refractivity contribution in [2.45, 2.75) is 6.92 Å². The fourth-order valence-electron chi connectivity index (χ4n) is 0.931. The van der Waals surface area contributed by atoms with Gasteiger partial charge >= 0.3 is 6.09 Å². The zero-order valence-electron chi connectivity index (χ0n) is 8.24. The maximum Gasteiger partial charge on any atom is 0.412 e. The van der Waals surface area contributed by atoms with Crippen molar-refractivity contribution < 1.29 is 14.3 Å². The van der Waals surface area contributed by atoms with Crippen molar-refractivity contribution in [1.82, 2.24) is 5.32 Å². The van der Waals surface area contributed by atoms with Gasteiger partial charge in [-0.1, -0.05) is 0 Å². The van der Waals surface area contributed by atoms with Crippen molar-refractivity contribution in [3.8, 4) is 11.5 Å². The van der Waals surface area contributed by atoms with E-state index in [0.29, 0.717) is 12.3 Å². The Morgan fingerprint density at radius 3 is 2.36 bits per heavy atom. The Balaban J connectivity index is 2.55. The maximum absolute atomic E-state index is 11.0. The quantitative estimate of drug-likeness (QED) is 0.800. The number of amides is 1. The van der Waals surface area contributed by atoms with E-state index in [9.17, 15) is 4.79 Å². The topological polar surface area (TPSA) is 47.6 Å². The molecule has 1 rings (SSSR count). The molecule has 0 spiro atoms. The van der Waals surface area contributed by atoms with Gasteiger partial charge in [-0.05, 0) is 31.2 Å². The van der Waals surface area contributed by atoms with Crippen LogP contribution in [0.25, 0.3) is 0 Å². The Hall–Kier alpha value is -1.71. The normalized spacial score (nSPS) is 9.29. The molecular formula is C10H13NO3. The molecule has 0 radical (unpaired) electrons. The Kier molecular flexibility index (Phi) is 3.79. The molecule has 1 amide bonds. The van der Waals surface area contributed by atoms with Crippen LogP contribution in [0.5, 0.6) is 11.5 Å². The van der Waals surface area contributed by atoms with Crippen LogP contribution in [0.3, 0.4) is 0 Å². The lowest BCUT2D eigenvalue weighted by Crippen LogP contribution is -2.26. The molecule has 0 unspecified atom stereocenters. The summed E-state index contributed by atoms with van der Waals surface area (Å²) in [7, 11) is 1.58. The largest absolute Gasteiger partial charge is 0.497 e. The van der Waals surface area contributed by atoms with Crippen LogP contribution < -0.4 is 14.8 Å². The van der Waals surface area contributed by atoms with E-state index in [2.05, 4.69) is 5.32 Å². The molecule has 0 saturated heterocycles. The van der Waals surface area contributed by atoms with Crippen molar-refractivity contribution >= 4 is 6.09 Å². The van der Waals surface area contributed by atoms with Gasteiger partial charge in [-0.25, -0.2) is 4.79 Å². The van der Waals surface area contributed by atoms with Crippen molar-refractivity contribution in [3.63, 3.8) is 0 Å². The van der Waals surface area contributed by atoms with Crippen LogP contribution in [0.2, 0.25) is 0 Å². The number of nitrogens with one attached hydrogen (secondary N) is 1. The van der Waals surface area contributed by atoms with E-state index in [1.807, 2.05) is 6.92 Å². The average molecular weight is 195 g/mol. The molecular weight excluding hydrogens is 182 g/mol. The molecule has 0 saturated carbocycles. The minimum Gasteiger partial charge on any atom is -0.497 e. The number of carbonyl (C=O) groups is 1. The highest BCUT2D eigenvalue weighted by molar-refractivity contribution is 5.70. The molecule has 0 bridgehead atoms. The summed E-state index contributed by atoms with van der Waals surface area (Å²) >= 11 is 0. The van der Waals surface area contributed by atoms with Crippen molar-refractivity contribution in [1.29, 1.82) is 0 Å². The summed E-state index contributed by atoms with van der Waals surface area (Å²) in [4.78, 5) is 11.0. The van der Waals surface area contributed by atoms with E-state index in [-0.39, 0.29) is 0 Å². The number of carbonyl (C=O) groups excluding carboxylic acids is 1. The van der Waals surface area contributed by atoms with Gasteiger partial charge in [-0.3, -0.25) is 0 Å². The highest BCUT2D eigenvalue weighted by Gasteiger charge is 2.01. The molecule has 14 heavy (non-hydrogen) atoms. The summed E-state index contributed by atoms with van der Waals surface area (Å²) in [5.74, 6) is 1.23. The molecule has 0 aromatic heterocycles. The van der Waals surface area contributed by atoms with Crippen LogP contribution in [0, 0.1) is 0 Å². The van der Waals surface area contributed by atoms with E-state index >= 15 is 0 Å². The molecule has 1 aromatic rings. The predicted octanol–water partition coefficient (Wildman–Crippen LogP) is 1.80. The first-order chi connectivity index (χ1) is 6.76. The van der Waals surface area contributed by atoms with E-state index < -0.39 is 6.09 Å². The molecule has 0 atom stereocenters. The molecule has 0 aliphatic heterocycles. The van der Waals surface area contributed by atoms with E-state index in [1.54, 1.807) is 31.4 Å². The van der Waals surface area contributed by atoms with Gasteiger partial charge in [0.05, 0.1) is 7.11 Å². The molecule has 1 N–H and O–H groups in total. The smallest absolute Gasteiger partial charge is 0.412 e. The number of benzene rings is 1. The second-order valence-corrected chi connectivity index (χ2v) is 2.60. The van der Waals surface area contributed by atoms with Gasteiger partial charge in [-0.2, -0.15) is 0 Å². The summed E-state index contributed by atoms with van der Waals surface area (Å²) in [5, 5.41) is 2.53. The minimum absolute atomic E-state index is 0.447. The average Bonchev–Trinajstić information content (AvgIpc) is 2.19. The fourth-order valence-corrected chi connectivity index (χ4v) is 0.931. The highest BCUT2D eigenvalue weighted by Crippen LogP contribution is 2.16. The van der Waals surface area contributed by atoms with E-state index in [0.717, 1.165) is 5.75 Å². The summed E-state index contributed by atoms with van der Waals surface area (Å²) < 4.78 is 9.91. The first-order valence-electron chi connectivity index (χ1n) is 4.36. The van der Waals surface area contributed by atoms with Crippen LogP contribution in [-0.2, 0) is 0 Å². The first-order valence-corrected chi connectivity index (χ1v) is 4.36. The third-order valence-corrected chi connectivity index (χ3v) is 1.59. The maximum atomic E-state index is 11.0. The summed E-state index contributed by atoms with van der Waals surface area (Å²) in [6.07, 6.45) is -0.447.